The van der Waals surface area contributed by atoms with Crippen LogP contribution >= 0.6 is 0 Å². The summed E-state index contributed by atoms with van der Waals surface area (Å²) in [6.45, 7) is 3.77. The minimum atomic E-state index is 0.457. The predicted molar refractivity (Wildman–Crippen MR) is 51.0 cm³/mol. The number of rotatable bonds is 2. The Bertz CT molecular complexity index is 143. The van der Waals surface area contributed by atoms with E-state index in [0.717, 1.165) is 12.5 Å². The monoisotopic (exact) mass is 168 g/mol. The molecule has 12 heavy (non-hydrogen) atoms. The van der Waals surface area contributed by atoms with E-state index in [9.17, 15) is 0 Å². The fourth-order valence-corrected chi connectivity index (χ4v) is 2.30. The van der Waals surface area contributed by atoms with Gasteiger partial charge in [0, 0.05) is 19.1 Å². The zero-order valence-electron chi connectivity index (χ0n) is 7.84. The van der Waals surface area contributed by atoms with E-state index in [0.29, 0.717) is 6.04 Å². The van der Waals surface area contributed by atoms with Crippen LogP contribution in [0.4, 0.5) is 0 Å². The van der Waals surface area contributed by atoms with Crippen molar-refractivity contribution in [1.29, 1.82) is 0 Å². The van der Waals surface area contributed by atoms with Crippen molar-refractivity contribution in [3.63, 3.8) is 0 Å². The van der Waals surface area contributed by atoms with Crippen molar-refractivity contribution in [3.05, 3.63) is 0 Å². The molecule has 0 spiro atoms. The third-order valence-corrected chi connectivity index (χ3v) is 3.28. The molecule has 2 aliphatic rings. The first-order valence-corrected chi connectivity index (χ1v) is 5.32. The Kier molecular flexibility index (Phi) is 2.66. The molecule has 0 bridgehead atoms. The maximum Gasteiger partial charge on any atom is 0.0168 e. The lowest BCUT2D eigenvalue weighted by molar-refractivity contribution is 0.145. The molecule has 0 amide bonds. The van der Waals surface area contributed by atoms with Crippen LogP contribution in [0, 0.1) is 5.92 Å². The van der Waals surface area contributed by atoms with Crippen LogP contribution in [0.3, 0.4) is 0 Å². The summed E-state index contributed by atoms with van der Waals surface area (Å²) in [7, 11) is 0. The topological polar surface area (TPSA) is 29.3 Å². The molecule has 2 N–H and O–H groups in total. The molecule has 1 atom stereocenters. The zero-order chi connectivity index (χ0) is 8.39. The summed E-state index contributed by atoms with van der Waals surface area (Å²) in [5, 5.41) is 0. The SMILES string of the molecule is N[C@@H]1CCCN(CC2CCC2)C1. The number of likely N-dealkylation sites (tertiary alicyclic amines) is 1. The van der Waals surface area contributed by atoms with Gasteiger partial charge in [-0.2, -0.15) is 0 Å². The van der Waals surface area contributed by atoms with Crippen molar-refractivity contribution >= 4 is 0 Å². The van der Waals surface area contributed by atoms with Crippen molar-refractivity contribution in [1.82, 2.24) is 4.90 Å². The first kappa shape index (κ1) is 8.52. The molecule has 1 heterocycles. The average molecular weight is 168 g/mol. The van der Waals surface area contributed by atoms with Gasteiger partial charge in [0.15, 0.2) is 0 Å². The van der Waals surface area contributed by atoms with E-state index in [1.807, 2.05) is 0 Å². The van der Waals surface area contributed by atoms with Gasteiger partial charge in [0.05, 0.1) is 0 Å². The molecule has 1 aliphatic heterocycles. The zero-order valence-corrected chi connectivity index (χ0v) is 7.84. The van der Waals surface area contributed by atoms with E-state index < -0.39 is 0 Å². The number of nitrogens with zero attached hydrogens (tertiary/aromatic N) is 1. The van der Waals surface area contributed by atoms with Crippen LogP contribution in [0.2, 0.25) is 0 Å². The van der Waals surface area contributed by atoms with Gasteiger partial charge in [-0.1, -0.05) is 6.42 Å². The highest BCUT2D eigenvalue weighted by molar-refractivity contribution is 4.79. The molecule has 2 fully saturated rings. The molecule has 2 rings (SSSR count). The molecular weight excluding hydrogens is 148 g/mol. The first-order valence-electron chi connectivity index (χ1n) is 5.32. The molecule has 1 aliphatic carbocycles. The molecule has 0 unspecified atom stereocenters. The van der Waals surface area contributed by atoms with Crippen LogP contribution in [0.25, 0.3) is 0 Å². The van der Waals surface area contributed by atoms with Crippen molar-refractivity contribution in [2.75, 3.05) is 19.6 Å². The normalized spacial score (nSPS) is 33.2. The van der Waals surface area contributed by atoms with Crippen LogP contribution in [0.5, 0.6) is 0 Å². The highest BCUT2D eigenvalue weighted by Crippen LogP contribution is 2.27. The second-order valence-electron chi connectivity index (χ2n) is 4.46. The minimum Gasteiger partial charge on any atom is -0.327 e. The van der Waals surface area contributed by atoms with E-state index in [4.69, 9.17) is 5.73 Å². The van der Waals surface area contributed by atoms with E-state index in [-0.39, 0.29) is 0 Å². The number of piperidine rings is 1. The van der Waals surface area contributed by atoms with E-state index in [1.165, 1.54) is 45.2 Å². The number of hydrogen-bond donors (Lipinski definition) is 1. The van der Waals surface area contributed by atoms with Gasteiger partial charge in [0.2, 0.25) is 0 Å². The molecule has 2 nitrogen and oxygen atoms in total. The maximum atomic E-state index is 5.92. The van der Waals surface area contributed by atoms with Crippen LogP contribution in [0.15, 0.2) is 0 Å². The van der Waals surface area contributed by atoms with Gasteiger partial charge in [-0.15, -0.1) is 0 Å². The van der Waals surface area contributed by atoms with Crippen molar-refractivity contribution in [2.45, 2.75) is 38.1 Å². The Morgan fingerprint density at radius 3 is 2.58 bits per heavy atom. The third kappa shape index (κ3) is 1.99. The van der Waals surface area contributed by atoms with Gasteiger partial charge in [-0.3, -0.25) is 0 Å². The fraction of sp³-hybridized carbons (Fsp3) is 1.00. The lowest BCUT2D eigenvalue weighted by Crippen LogP contribution is -2.45. The number of nitrogens with two attached hydrogens (primary N) is 1. The third-order valence-electron chi connectivity index (χ3n) is 3.28. The van der Waals surface area contributed by atoms with Gasteiger partial charge in [-0.25, -0.2) is 0 Å². The second kappa shape index (κ2) is 3.75. The molecule has 0 aromatic carbocycles. The van der Waals surface area contributed by atoms with Crippen LogP contribution in [-0.2, 0) is 0 Å². The molecule has 70 valence electrons. The lowest BCUT2D eigenvalue weighted by atomic mass is 9.84. The summed E-state index contributed by atoms with van der Waals surface area (Å²) in [6.07, 6.45) is 6.94. The standard InChI is InChI=1S/C10H20N2/c11-10-5-2-6-12(8-10)7-9-3-1-4-9/h9-10H,1-8,11H2/t10-/m1/s1. The van der Waals surface area contributed by atoms with E-state index >= 15 is 0 Å². The van der Waals surface area contributed by atoms with Crippen molar-refractivity contribution < 1.29 is 0 Å². The minimum absolute atomic E-state index is 0.457. The summed E-state index contributed by atoms with van der Waals surface area (Å²) in [6, 6.07) is 0.457. The quantitative estimate of drug-likeness (QED) is 0.671. The van der Waals surface area contributed by atoms with Crippen LogP contribution in [-0.4, -0.2) is 30.6 Å². The van der Waals surface area contributed by atoms with Gasteiger partial charge >= 0.3 is 0 Å². The largest absolute Gasteiger partial charge is 0.327 e. The van der Waals surface area contributed by atoms with Crippen molar-refractivity contribution in [3.8, 4) is 0 Å². The molecule has 1 saturated carbocycles. The summed E-state index contributed by atoms with van der Waals surface area (Å²) >= 11 is 0. The van der Waals surface area contributed by atoms with Gasteiger partial charge in [-0.05, 0) is 38.1 Å². The molecule has 0 aromatic rings. The van der Waals surface area contributed by atoms with Crippen LogP contribution < -0.4 is 5.73 Å². The van der Waals surface area contributed by atoms with E-state index in [1.54, 1.807) is 0 Å². The van der Waals surface area contributed by atoms with Crippen molar-refractivity contribution in [2.24, 2.45) is 11.7 Å². The first-order chi connectivity index (χ1) is 5.84. The average Bonchev–Trinajstić information content (AvgIpc) is 1.97. The molecular formula is C10H20N2. The summed E-state index contributed by atoms with van der Waals surface area (Å²) < 4.78 is 0. The molecule has 0 aromatic heterocycles. The smallest absolute Gasteiger partial charge is 0.0168 e. The summed E-state index contributed by atoms with van der Waals surface area (Å²) in [4.78, 5) is 2.57. The van der Waals surface area contributed by atoms with E-state index in [2.05, 4.69) is 4.90 Å². The Labute approximate surface area is 75.1 Å². The molecule has 2 heteroatoms. The Balaban J connectivity index is 1.71. The van der Waals surface area contributed by atoms with Gasteiger partial charge < -0.3 is 10.6 Å². The Morgan fingerprint density at radius 2 is 2.00 bits per heavy atom. The highest BCUT2D eigenvalue weighted by Gasteiger charge is 2.23. The highest BCUT2D eigenvalue weighted by atomic mass is 15.1. The summed E-state index contributed by atoms with van der Waals surface area (Å²) in [5.74, 6) is 1.01. The predicted octanol–water partition coefficient (Wildman–Crippen LogP) is 1.21. The molecule has 1 saturated heterocycles. The van der Waals surface area contributed by atoms with Gasteiger partial charge in [0.1, 0.15) is 0 Å². The Hall–Kier alpha value is -0.0800. The lowest BCUT2D eigenvalue weighted by Gasteiger charge is -2.36. The second-order valence-corrected chi connectivity index (χ2v) is 4.46. The summed E-state index contributed by atoms with van der Waals surface area (Å²) in [5.41, 5.74) is 5.92. The Morgan fingerprint density at radius 1 is 1.17 bits per heavy atom. The van der Waals surface area contributed by atoms with Gasteiger partial charge in [0.25, 0.3) is 0 Å². The van der Waals surface area contributed by atoms with Crippen LogP contribution in [0.1, 0.15) is 32.1 Å². The fourth-order valence-electron chi connectivity index (χ4n) is 2.30. The maximum absolute atomic E-state index is 5.92. The number of hydrogen-bond acceptors (Lipinski definition) is 2. The molecule has 0 radical (unpaired) electrons.